The summed E-state index contributed by atoms with van der Waals surface area (Å²) in [5, 5.41) is 3.61. The molecule has 1 N–H and O–H groups in total. The molecule has 2 aliphatic heterocycles. The van der Waals surface area contributed by atoms with E-state index >= 15 is 0 Å². The number of nitrogens with one attached hydrogen (secondary N) is 1. The summed E-state index contributed by atoms with van der Waals surface area (Å²) in [7, 11) is 0. The van der Waals surface area contributed by atoms with Crippen LogP contribution in [0.15, 0.2) is 24.3 Å². The summed E-state index contributed by atoms with van der Waals surface area (Å²) in [6, 6.07) is 6.43. The van der Waals surface area contributed by atoms with Gasteiger partial charge in [-0.2, -0.15) is 0 Å². The van der Waals surface area contributed by atoms with Crippen LogP contribution in [0.25, 0.3) is 0 Å². The van der Waals surface area contributed by atoms with Crippen LogP contribution in [0.2, 0.25) is 5.02 Å². The molecular formula is C19H26ClN3O2S. The van der Waals surface area contributed by atoms with Gasteiger partial charge in [0.1, 0.15) is 6.04 Å². The van der Waals surface area contributed by atoms with Crippen LogP contribution < -0.4 is 5.32 Å². The summed E-state index contributed by atoms with van der Waals surface area (Å²) >= 11 is 7.50. The predicted octanol–water partition coefficient (Wildman–Crippen LogP) is 2.85. The van der Waals surface area contributed by atoms with Crippen molar-refractivity contribution in [3.8, 4) is 0 Å². The normalized spacial score (nSPS) is 21.0. The molecule has 2 fully saturated rings. The van der Waals surface area contributed by atoms with Gasteiger partial charge in [0, 0.05) is 22.9 Å². The van der Waals surface area contributed by atoms with E-state index in [4.69, 9.17) is 11.6 Å². The van der Waals surface area contributed by atoms with Crippen LogP contribution in [0.4, 0.5) is 0 Å². The Morgan fingerprint density at radius 3 is 2.62 bits per heavy atom. The van der Waals surface area contributed by atoms with Gasteiger partial charge in [-0.1, -0.05) is 18.0 Å². The topological polar surface area (TPSA) is 52.7 Å². The Kier molecular flexibility index (Phi) is 7.23. The molecule has 0 bridgehead atoms. The molecule has 2 amide bonds. The van der Waals surface area contributed by atoms with Crippen molar-refractivity contribution in [2.75, 3.05) is 37.8 Å². The molecule has 2 heterocycles. The van der Waals surface area contributed by atoms with E-state index in [1.165, 1.54) is 32.4 Å². The highest BCUT2D eigenvalue weighted by Gasteiger charge is 2.34. The zero-order valence-electron chi connectivity index (χ0n) is 15.0. The number of carbonyl (C=O) groups is 2. The number of rotatable bonds is 6. The van der Waals surface area contributed by atoms with Gasteiger partial charge in [0.25, 0.3) is 5.91 Å². The van der Waals surface area contributed by atoms with Crippen molar-refractivity contribution in [1.29, 1.82) is 0 Å². The maximum atomic E-state index is 12.7. The molecule has 0 aliphatic carbocycles. The molecule has 0 spiro atoms. The Bertz CT molecular complexity index is 620. The average molecular weight is 396 g/mol. The molecule has 1 aromatic carbocycles. The summed E-state index contributed by atoms with van der Waals surface area (Å²) in [4.78, 5) is 29.4. The number of halogens is 1. The van der Waals surface area contributed by atoms with Crippen LogP contribution in [0, 0.1) is 0 Å². The lowest BCUT2D eigenvalue weighted by molar-refractivity contribution is -0.124. The van der Waals surface area contributed by atoms with Gasteiger partial charge in [0.05, 0.1) is 5.88 Å². The van der Waals surface area contributed by atoms with E-state index in [2.05, 4.69) is 10.2 Å². The van der Waals surface area contributed by atoms with Crippen molar-refractivity contribution in [3.63, 3.8) is 0 Å². The number of carbonyl (C=O) groups excluding carboxylic acids is 2. The Balaban J connectivity index is 1.46. The van der Waals surface area contributed by atoms with Crippen molar-refractivity contribution in [1.82, 2.24) is 15.1 Å². The number of hydrogen-bond acceptors (Lipinski definition) is 4. The quantitative estimate of drug-likeness (QED) is 0.752. The van der Waals surface area contributed by atoms with Crippen LogP contribution >= 0.6 is 23.4 Å². The van der Waals surface area contributed by atoms with Crippen LogP contribution in [0.1, 0.15) is 36.0 Å². The molecule has 1 atom stereocenters. The number of hydrogen-bond donors (Lipinski definition) is 1. The Labute approximate surface area is 164 Å². The second-order valence-electron chi connectivity index (χ2n) is 6.84. The minimum atomic E-state index is -0.391. The van der Waals surface area contributed by atoms with Crippen molar-refractivity contribution in [2.45, 2.75) is 31.7 Å². The van der Waals surface area contributed by atoms with Crippen molar-refractivity contribution in [2.24, 2.45) is 0 Å². The first-order chi connectivity index (χ1) is 12.6. The summed E-state index contributed by atoms with van der Waals surface area (Å²) in [5.74, 6) is 1.04. The van der Waals surface area contributed by atoms with Gasteiger partial charge < -0.3 is 15.1 Å². The lowest BCUT2D eigenvalue weighted by Gasteiger charge is -2.26. The highest BCUT2D eigenvalue weighted by atomic mass is 35.5. The fourth-order valence-electron chi connectivity index (χ4n) is 3.43. The minimum Gasteiger partial charge on any atom is -0.354 e. The molecule has 26 heavy (non-hydrogen) atoms. The summed E-state index contributed by atoms with van der Waals surface area (Å²) in [6.07, 6.45) is 4.86. The Hall–Kier alpha value is -1.24. The highest BCUT2D eigenvalue weighted by molar-refractivity contribution is 7.99. The number of amides is 2. The molecule has 1 aromatic rings. The molecule has 2 saturated heterocycles. The fourth-order valence-corrected chi connectivity index (χ4v) is 4.71. The third-order valence-electron chi connectivity index (χ3n) is 4.94. The van der Waals surface area contributed by atoms with Crippen molar-refractivity contribution < 1.29 is 9.59 Å². The number of benzene rings is 1. The number of nitrogens with zero attached hydrogens (tertiary/aromatic N) is 2. The van der Waals surface area contributed by atoms with E-state index < -0.39 is 6.04 Å². The van der Waals surface area contributed by atoms with Crippen LogP contribution in [-0.2, 0) is 4.79 Å². The third kappa shape index (κ3) is 5.15. The number of thioether (sulfide) groups is 1. The second kappa shape index (κ2) is 9.62. The average Bonchev–Trinajstić information content (AvgIpc) is 3.16. The van der Waals surface area contributed by atoms with Gasteiger partial charge >= 0.3 is 0 Å². The minimum absolute atomic E-state index is 0.0454. The molecular weight excluding hydrogens is 370 g/mol. The fraction of sp³-hybridized carbons (Fsp3) is 0.579. The largest absolute Gasteiger partial charge is 0.354 e. The molecule has 2 aliphatic rings. The Morgan fingerprint density at radius 2 is 1.88 bits per heavy atom. The van der Waals surface area contributed by atoms with Gasteiger partial charge in [-0.3, -0.25) is 9.59 Å². The van der Waals surface area contributed by atoms with Gasteiger partial charge in [-0.25, -0.2) is 0 Å². The van der Waals surface area contributed by atoms with Gasteiger partial charge in [0.2, 0.25) is 5.91 Å². The van der Waals surface area contributed by atoms with Gasteiger partial charge in [-0.05, 0) is 63.2 Å². The van der Waals surface area contributed by atoms with E-state index in [0.29, 0.717) is 28.8 Å². The van der Waals surface area contributed by atoms with E-state index in [9.17, 15) is 9.59 Å². The molecule has 0 radical (unpaired) electrons. The first-order valence-corrected chi connectivity index (χ1v) is 10.8. The zero-order chi connectivity index (χ0) is 18.4. The van der Waals surface area contributed by atoms with E-state index in [1.807, 2.05) is 0 Å². The molecule has 142 valence electrons. The van der Waals surface area contributed by atoms with Crippen LogP contribution in [-0.4, -0.2) is 65.5 Å². The molecule has 5 nitrogen and oxygen atoms in total. The maximum Gasteiger partial charge on any atom is 0.255 e. The summed E-state index contributed by atoms with van der Waals surface area (Å²) in [5.41, 5.74) is 0.569. The standard InChI is InChI=1S/C19H26ClN3O2S/c20-16-7-5-15(6-8-16)19(25)23-14-26-13-17(23)18(24)21-9-4-12-22-10-2-1-3-11-22/h5-8,17H,1-4,9-14H2,(H,21,24). The Morgan fingerprint density at radius 1 is 1.15 bits per heavy atom. The summed E-state index contributed by atoms with van der Waals surface area (Å²) < 4.78 is 0. The van der Waals surface area contributed by atoms with Gasteiger partial charge in [-0.15, -0.1) is 11.8 Å². The number of piperidine rings is 1. The number of likely N-dealkylation sites (tertiary alicyclic amines) is 1. The maximum absolute atomic E-state index is 12.7. The lowest BCUT2D eigenvalue weighted by atomic mass is 10.1. The smallest absolute Gasteiger partial charge is 0.255 e. The monoisotopic (exact) mass is 395 g/mol. The lowest BCUT2D eigenvalue weighted by Crippen LogP contribution is -2.47. The highest BCUT2D eigenvalue weighted by Crippen LogP contribution is 2.24. The third-order valence-corrected chi connectivity index (χ3v) is 6.20. The first kappa shape index (κ1) is 19.5. The molecule has 1 unspecified atom stereocenters. The van der Waals surface area contributed by atoms with E-state index in [0.717, 1.165) is 13.0 Å². The second-order valence-corrected chi connectivity index (χ2v) is 8.28. The van der Waals surface area contributed by atoms with Crippen molar-refractivity contribution >= 4 is 35.2 Å². The van der Waals surface area contributed by atoms with Crippen LogP contribution in [0.5, 0.6) is 0 Å². The van der Waals surface area contributed by atoms with E-state index in [1.54, 1.807) is 40.9 Å². The summed E-state index contributed by atoms with van der Waals surface area (Å²) in [6.45, 7) is 4.06. The zero-order valence-corrected chi connectivity index (χ0v) is 16.5. The van der Waals surface area contributed by atoms with Gasteiger partial charge in [0.15, 0.2) is 0 Å². The van der Waals surface area contributed by atoms with Crippen LogP contribution in [0.3, 0.4) is 0 Å². The molecule has 7 heteroatoms. The molecule has 3 rings (SSSR count). The predicted molar refractivity (Wildman–Crippen MR) is 107 cm³/mol. The first-order valence-electron chi connectivity index (χ1n) is 9.29. The molecule has 0 saturated carbocycles. The SMILES string of the molecule is O=C(NCCCN1CCCCC1)C1CSCN1C(=O)c1ccc(Cl)cc1. The molecule has 0 aromatic heterocycles. The van der Waals surface area contributed by atoms with Crippen molar-refractivity contribution in [3.05, 3.63) is 34.9 Å². The van der Waals surface area contributed by atoms with E-state index in [-0.39, 0.29) is 11.8 Å².